The van der Waals surface area contributed by atoms with E-state index in [1.807, 2.05) is 42.2 Å². The molecule has 1 atom stereocenters. The highest BCUT2D eigenvalue weighted by Crippen LogP contribution is 2.32. The molecular formula is C25H33N3O5S. The molecule has 2 saturated heterocycles. The first-order chi connectivity index (χ1) is 16.5. The summed E-state index contributed by atoms with van der Waals surface area (Å²) in [6, 6.07) is 13.9. The highest BCUT2D eigenvalue weighted by Gasteiger charge is 2.31. The molecule has 2 fully saturated rings. The number of rotatable bonds is 8. The van der Waals surface area contributed by atoms with Crippen LogP contribution in [-0.2, 0) is 19.6 Å². The fourth-order valence-electron chi connectivity index (χ4n) is 4.40. The van der Waals surface area contributed by atoms with Crippen molar-refractivity contribution in [3.05, 3.63) is 54.1 Å². The number of piperidine rings is 1. The molecule has 0 unspecified atom stereocenters. The van der Waals surface area contributed by atoms with Crippen molar-refractivity contribution in [2.75, 3.05) is 51.3 Å². The van der Waals surface area contributed by atoms with Crippen LogP contribution in [0.2, 0.25) is 0 Å². The molecular weight excluding hydrogens is 454 g/mol. The van der Waals surface area contributed by atoms with Crippen molar-refractivity contribution in [2.24, 2.45) is 0 Å². The van der Waals surface area contributed by atoms with Gasteiger partial charge in [-0.25, -0.2) is 8.42 Å². The summed E-state index contributed by atoms with van der Waals surface area (Å²) in [6.07, 6.45) is 3.13. The van der Waals surface area contributed by atoms with Crippen LogP contribution in [0.1, 0.15) is 37.8 Å². The third-order valence-corrected chi connectivity index (χ3v) is 8.11. The second-order valence-corrected chi connectivity index (χ2v) is 10.4. The largest absolute Gasteiger partial charge is 0.492 e. The normalized spacial score (nSPS) is 18.3. The molecule has 184 valence electrons. The van der Waals surface area contributed by atoms with Crippen LogP contribution in [0.15, 0.2) is 53.4 Å². The van der Waals surface area contributed by atoms with Crippen molar-refractivity contribution < 1.29 is 22.7 Å². The minimum atomic E-state index is -3.79. The maximum Gasteiger partial charge on any atom is 0.249 e. The van der Waals surface area contributed by atoms with Crippen LogP contribution in [0, 0.1) is 0 Å². The molecule has 0 spiro atoms. The number of amides is 1. The predicted octanol–water partition coefficient (Wildman–Crippen LogP) is 3.27. The van der Waals surface area contributed by atoms with Crippen LogP contribution in [0.5, 0.6) is 5.75 Å². The van der Waals surface area contributed by atoms with Gasteiger partial charge in [-0.05, 0) is 49.9 Å². The number of ether oxygens (including phenoxy) is 2. The van der Waals surface area contributed by atoms with E-state index < -0.39 is 16.1 Å². The van der Waals surface area contributed by atoms with Gasteiger partial charge in [-0.1, -0.05) is 30.3 Å². The number of anilines is 1. The molecule has 2 aliphatic rings. The lowest BCUT2D eigenvalue weighted by molar-refractivity contribution is -0.133. The highest BCUT2D eigenvalue weighted by molar-refractivity contribution is 7.89. The van der Waals surface area contributed by atoms with Gasteiger partial charge in [-0.2, -0.15) is 4.31 Å². The zero-order chi connectivity index (χ0) is 24.0. The zero-order valence-corrected chi connectivity index (χ0v) is 20.4. The fraction of sp³-hybridized carbons (Fsp3) is 0.480. The molecule has 2 heterocycles. The van der Waals surface area contributed by atoms with E-state index in [1.165, 1.54) is 4.31 Å². The van der Waals surface area contributed by atoms with E-state index >= 15 is 0 Å². The van der Waals surface area contributed by atoms with E-state index in [0.29, 0.717) is 44.3 Å². The molecule has 9 heteroatoms. The smallest absolute Gasteiger partial charge is 0.249 e. The average Bonchev–Trinajstić information content (AvgIpc) is 2.89. The number of carbonyl (C=O) groups is 1. The molecule has 1 amide bonds. The SMILES string of the molecule is CCOc1ccc(N[C@H](C(=O)N2CCCCC2)c2ccccc2)cc1S(=O)(=O)N1CCOCC1. The van der Waals surface area contributed by atoms with Crippen molar-refractivity contribution >= 4 is 21.6 Å². The predicted molar refractivity (Wildman–Crippen MR) is 130 cm³/mol. The topological polar surface area (TPSA) is 88.2 Å². The van der Waals surface area contributed by atoms with Crippen molar-refractivity contribution in [3.63, 3.8) is 0 Å². The second kappa shape index (κ2) is 11.2. The van der Waals surface area contributed by atoms with E-state index in [2.05, 4.69) is 5.32 Å². The summed E-state index contributed by atoms with van der Waals surface area (Å²) in [6.45, 7) is 4.96. The number of morpholine rings is 1. The monoisotopic (exact) mass is 487 g/mol. The number of benzene rings is 2. The first-order valence-electron chi connectivity index (χ1n) is 12.0. The summed E-state index contributed by atoms with van der Waals surface area (Å²) in [4.78, 5) is 15.5. The first-order valence-corrected chi connectivity index (χ1v) is 13.4. The van der Waals surface area contributed by atoms with Crippen LogP contribution in [-0.4, -0.2) is 69.5 Å². The quantitative estimate of drug-likeness (QED) is 0.615. The standard InChI is InChI=1S/C25H33N3O5S/c1-2-33-22-12-11-21(19-23(22)34(30,31)28-15-17-32-18-16-28)26-24(20-9-5-3-6-10-20)25(29)27-13-7-4-8-14-27/h3,5-6,9-12,19,24,26H,2,4,7-8,13-18H2,1H3/t24-/m0/s1. The molecule has 2 aromatic carbocycles. The van der Waals surface area contributed by atoms with Gasteiger partial charge in [0.2, 0.25) is 15.9 Å². The lowest BCUT2D eigenvalue weighted by Crippen LogP contribution is -2.41. The van der Waals surface area contributed by atoms with Crippen LogP contribution >= 0.6 is 0 Å². The van der Waals surface area contributed by atoms with Crippen LogP contribution in [0.3, 0.4) is 0 Å². The molecule has 2 aromatic rings. The van der Waals surface area contributed by atoms with E-state index in [-0.39, 0.29) is 10.8 Å². The maximum atomic E-state index is 13.5. The van der Waals surface area contributed by atoms with Gasteiger partial charge in [0.05, 0.1) is 19.8 Å². The second-order valence-electron chi connectivity index (χ2n) is 8.48. The Labute approximate surface area is 201 Å². The maximum absolute atomic E-state index is 13.5. The Morgan fingerprint density at radius 1 is 1.03 bits per heavy atom. The third kappa shape index (κ3) is 5.54. The van der Waals surface area contributed by atoms with Crippen LogP contribution in [0.25, 0.3) is 0 Å². The van der Waals surface area contributed by atoms with E-state index in [1.54, 1.807) is 18.2 Å². The summed E-state index contributed by atoms with van der Waals surface area (Å²) in [7, 11) is -3.79. The van der Waals surface area contributed by atoms with Crippen LogP contribution < -0.4 is 10.1 Å². The lowest BCUT2D eigenvalue weighted by atomic mass is 10.0. The summed E-state index contributed by atoms with van der Waals surface area (Å²) in [5, 5.41) is 3.32. The highest BCUT2D eigenvalue weighted by atomic mass is 32.2. The molecule has 2 aliphatic heterocycles. The number of hydrogen-bond donors (Lipinski definition) is 1. The van der Waals surface area contributed by atoms with Crippen LogP contribution in [0.4, 0.5) is 5.69 Å². The minimum absolute atomic E-state index is 0.00243. The van der Waals surface area contributed by atoms with Gasteiger partial charge >= 0.3 is 0 Å². The van der Waals surface area contributed by atoms with Gasteiger partial charge < -0.3 is 19.7 Å². The number of carbonyl (C=O) groups excluding carboxylic acids is 1. The minimum Gasteiger partial charge on any atom is -0.492 e. The Kier molecular flexibility index (Phi) is 8.07. The molecule has 34 heavy (non-hydrogen) atoms. The Balaban J connectivity index is 1.67. The zero-order valence-electron chi connectivity index (χ0n) is 19.6. The van der Waals surface area contributed by atoms with Gasteiger partial charge in [0.1, 0.15) is 16.7 Å². The Hall–Kier alpha value is -2.62. The Morgan fingerprint density at radius 3 is 2.41 bits per heavy atom. The molecule has 1 N–H and O–H groups in total. The molecule has 0 aromatic heterocycles. The lowest BCUT2D eigenvalue weighted by Gasteiger charge is -2.31. The summed E-state index contributed by atoms with van der Waals surface area (Å²) in [5.74, 6) is 0.301. The third-order valence-electron chi connectivity index (χ3n) is 6.19. The number of nitrogens with one attached hydrogen (secondary N) is 1. The van der Waals surface area contributed by atoms with Gasteiger partial charge in [-0.15, -0.1) is 0 Å². The Bertz CT molecular complexity index is 1070. The number of nitrogens with zero attached hydrogens (tertiary/aromatic N) is 2. The van der Waals surface area contributed by atoms with Crippen molar-refractivity contribution in [1.29, 1.82) is 0 Å². The fourth-order valence-corrected chi connectivity index (χ4v) is 5.96. The first kappa shape index (κ1) is 24.5. The number of sulfonamides is 1. The van der Waals surface area contributed by atoms with E-state index in [4.69, 9.17) is 9.47 Å². The van der Waals surface area contributed by atoms with Crippen molar-refractivity contribution in [2.45, 2.75) is 37.1 Å². The van der Waals surface area contributed by atoms with Crippen molar-refractivity contribution in [3.8, 4) is 5.75 Å². The summed E-state index contributed by atoms with van der Waals surface area (Å²) < 4.78 is 39.3. The van der Waals surface area contributed by atoms with E-state index in [9.17, 15) is 13.2 Å². The van der Waals surface area contributed by atoms with Gasteiger partial charge in [0, 0.05) is 31.9 Å². The van der Waals surface area contributed by atoms with Gasteiger partial charge in [0.15, 0.2) is 0 Å². The Morgan fingerprint density at radius 2 is 1.74 bits per heavy atom. The molecule has 0 aliphatic carbocycles. The average molecular weight is 488 g/mol. The van der Waals surface area contributed by atoms with Gasteiger partial charge in [0.25, 0.3) is 0 Å². The molecule has 4 rings (SSSR count). The molecule has 0 radical (unpaired) electrons. The number of hydrogen-bond acceptors (Lipinski definition) is 6. The summed E-state index contributed by atoms with van der Waals surface area (Å²) in [5.41, 5.74) is 1.39. The number of likely N-dealkylation sites (tertiary alicyclic amines) is 1. The molecule has 0 bridgehead atoms. The van der Waals surface area contributed by atoms with Gasteiger partial charge in [-0.3, -0.25) is 4.79 Å². The molecule has 8 nitrogen and oxygen atoms in total. The van der Waals surface area contributed by atoms with E-state index in [0.717, 1.165) is 37.9 Å². The molecule has 0 saturated carbocycles. The summed E-state index contributed by atoms with van der Waals surface area (Å²) >= 11 is 0. The van der Waals surface area contributed by atoms with Crippen molar-refractivity contribution in [1.82, 2.24) is 9.21 Å².